The fourth-order valence-electron chi connectivity index (χ4n) is 10.4. The Labute approximate surface area is 451 Å². The van der Waals surface area contributed by atoms with E-state index in [1.54, 1.807) is 23.9 Å². The molecule has 0 radical (unpaired) electrons. The number of aryl methyl sites for hydroxylation is 4. The van der Waals surface area contributed by atoms with Gasteiger partial charge in [0.15, 0.2) is 0 Å². The van der Waals surface area contributed by atoms with Gasteiger partial charge in [0.05, 0.1) is 0 Å². The quantitative estimate of drug-likeness (QED) is 0.0211. The molecular weight excluding hydrogens is 1100 g/mol. The van der Waals surface area contributed by atoms with E-state index in [4.69, 9.17) is 0 Å². The van der Waals surface area contributed by atoms with Crippen molar-refractivity contribution in [2.75, 3.05) is 0 Å². The molecule has 2 aromatic rings. The van der Waals surface area contributed by atoms with Crippen LogP contribution in [0.15, 0.2) is 35.4 Å². The normalized spacial score (nSPS) is 12.6. The third kappa shape index (κ3) is 23.7. The Bertz CT molecular complexity index is 1730. The summed E-state index contributed by atoms with van der Waals surface area (Å²) in [5, 5.41) is 0. The van der Waals surface area contributed by atoms with Crippen LogP contribution in [0.1, 0.15) is 299 Å². The monoisotopic (exact) mass is 1200 g/mol. The first-order chi connectivity index (χ1) is 33.3. The molecule has 3 rings (SSSR count). The molecule has 1 aliphatic heterocycles. The summed E-state index contributed by atoms with van der Waals surface area (Å²) in [6.07, 6.45) is 45.1. The van der Waals surface area contributed by atoms with Crippen LogP contribution in [-0.2, 0) is 46.6 Å². The molecule has 0 aliphatic carbocycles. The first-order valence-corrected chi connectivity index (χ1v) is 35.3. The summed E-state index contributed by atoms with van der Waals surface area (Å²) < 4.78 is 1.68. The van der Waals surface area contributed by atoms with E-state index in [0.29, 0.717) is 0 Å². The van der Waals surface area contributed by atoms with Crippen LogP contribution in [0.5, 0.6) is 0 Å². The summed E-state index contributed by atoms with van der Waals surface area (Å²) in [5.41, 5.74) is 29.4. The molecule has 1 heterocycles. The van der Waals surface area contributed by atoms with Gasteiger partial charge < -0.3 is 5.53 Å². The van der Waals surface area contributed by atoms with E-state index in [2.05, 4.69) is 132 Å². The van der Waals surface area contributed by atoms with E-state index < -0.39 is 0 Å². The van der Waals surface area contributed by atoms with Crippen molar-refractivity contribution in [3.63, 3.8) is 0 Å². The van der Waals surface area contributed by atoms with E-state index in [1.807, 2.05) is 0 Å². The number of allylic oxidation sites excluding steroid dienone is 2. The zero-order chi connectivity index (χ0) is 49.6. The van der Waals surface area contributed by atoms with E-state index in [1.165, 1.54) is 225 Å². The van der Waals surface area contributed by atoms with Crippen LogP contribution in [0.25, 0.3) is 16.9 Å². The van der Waals surface area contributed by atoms with Crippen molar-refractivity contribution in [2.24, 2.45) is 0 Å². The number of hydrogen-bond donors (Lipinski definition) is 0. The molecular formula is C63H102I2N2Ni. The first-order valence-electron chi connectivity index (χ1n) is 28.9. The second kappa shape index (κ2) is 41.5. The Hall–Kier alpha value is -0.966. The van der Waals surface area contributed by atoms with Crippen LogP contribution in [0.3, 0.4) is 0 Å². The molecule has 0 bridgehead atoms. The van der Waals surface area contributed by atoms with E-state index >= 15 is 0 Å². The Kier molecular flexibility index (Phi) is 38.5. The average Bonchev–Trinajstić information content (AvgIpc) is 3.61. The average molecular weight is 1200 g/mol. The molecule has 0 spiro atoms. The van der Waals surface area contributed by atoms with Crippen molar-refractivity contribution in [3.05, 3.63) is 85.5 Å². The number of rotatable bonds is 38. The number of halogens is 2. The van der Waals surface area contributed by atoms with Crippen LogP contribution in [0.4, 0.5) is 0 Å². The summed E-state index contributed by atoms with van der Waals surface area (Å²) in [7, 11) is 1.56. The fourth-order valence-corrected chi connectivity index (χ4v) is 10.4. The minimum atomic E-state index is 0.922. The second-order valence-electron chi connectivity index (χ2n) is 20.2. The predicted molar refractivity (Wildman–Crippen MR) is 317 cm³/mol. The summed E-state index contributed by atoms with van der Waals surface area (Å²) in [6.45, 7) is 18.6. The standard InChI is InChI=1S/C63H102N2.2HI.Ni/c1-9-17-25-27-28-29-30-31-39-47-61-60(46-38-26-18-10-2)62(56-48-52(40-32-19-11-3)58(44-36-23-15-7)53(49-56)41-33-20-12-4)65(64)63(61)57-50-54(42-34-21-13-5)59(45-37-24-16-8)55(51-57)43-35-22-14-6;;;/h48-51H,9-38,40-46H2,1-8H3;2*1H;/q;;;+2/p-2. The summed E-state index contributed by atoms with van der Waals surface area (Å²) >= 11 is 4.43. The minimum absolute atomic E-state index is 0.922. The third-order valence-electron chi connectivity index (χ3n) is 14.3. The van der Waals surface area contributed by atoms with Crippen LogP contribution in [0, 0.1) is 11.8 Å². The van der Waals surface area contributed by atoms with Crippen LogP contribution < -0.4 is 0 Å². The van der Waals surface area contributed by atoms with Gasteiger partial charge in [-0.25, -0.2) is 4.70 Å². The van der Waals surface area contributed by atoms with E-state index in [9.17, 15) is 5.53 Å². The number of hydrogen-bond acceptors (Lipinski definition) is 0. The Morgan fingerprint density at radius 2 is 0.691 bits per heavy atom. The molecule has 2 nitrogen and oxygen atoms in total. The molecule has 0 N–H and O–H groups in total. The van der Waals surface area contributed by atoms with Crippen molar-refractivity contribution in [2.45, 2.75) is 293 Å². The van der Waals surface area contributed by atoms with Crippen molar-refractivity contribution < 1.29 is 12.8 Å². The second-order valence-corrected chi connectivity index (χ2v) is 28.5. The third-order valence-corrected chi connectivity index (χ3v) is 14.3. The molecule has 1 aliphatic rings. The topological polar surface area (TPSA) is 25.3 Å². The van der Waals surface area contributed by atoms with Crippen LogP contribution in [0.2, 0.25) is 0 Å². The molecule has 0 amide bonds. The molecule has 0 aromatic heterocycles. The van der Waals surface area contributed by atoms with Gasteiger partial charge in [-0.2, -0.15) is 0 Å². The molecule has 2 aromatic carbocycles. The van der Waals surface area contributed by atoms with Gasteiger partial charge in [-0.1, -0.05) is 202 Å². The SMILES string of the molecule is CCCCCCCCCC#CC1=C(c2cc(CCCCC)c(CCCCC)c(CCCCC)c2)[N+](=[N-])C(c2cc(CCCCC)c(CCCCC)c(CCCCC)c2)=C1CCCCCC.[I][Ni][I]. The molecule has 0 unspecified atom stereocenters. The Morgan fingerprint density at radius 1 is 0.397 bits per heavy atom. The molecule has 0 atom stereocenters. The molecule has 0 saturated carbocycles. The van der Waals surface area contributed by atoms with Crippen molar-refractivity contribution in [3.8, 4) is 11.8 Å². The summed E-state index contributed by atoms with van der Waals surface area (Å²) in [6, 6.07) is 10.1. The first kappa shape index (κ1) is 63.2. The zero-order valence-corrected chi connectivity index (χ0v) is 50.7. The van der Waals surface area contributed by atoms with Gasteiger partial charge in [-0.15, -0.1) is 0 Å². The van der Waals surface area contributed by atoms with Crippen LogP contribution >= 0.6 is 41.0 Å². The molecule has 0 fully saturated rings. The Balaban J connectivity index is 0.00000514. The molecule has 68 heavy (non-hydrogen) atoms. The van der Waals surface area contributed by atoms with Gasteiger partial charge in [0.1, 0.15) is 5.57 Å². The number of unbranched alkanes of at least 4 members (excludes halogenated alkanes) is 22. The van der Waals surface area contributed by atoms with Gasteiger partial charge in [0.25, 0.3) is 0 Å². The van der Waals surface area contributed by atoms with E-state index in [-0.39, 0.29) is 0 Å². The maximum absolute atomic E-state index is 13.2. The predicted octanol–water partition coefficient (Wildman–Crippen LogP) is 22.1. The van der Waals surface area contributed by atoms with E-state index in [0.717, 1.165) is 68.3 Å². The van der Waals surface area contributed by atoms with Gasteiger partial charge in [0, 0.05) is 23.1 Å². The van der Waals surface area contributed by atoms with Gasteiger partial charge in [-0.05, 0) is 154 Å². The molecule has 388 valence electrons. The Morgan fingerprint density at radius 3 is 1.07 bits per heavy atom. The molecule has 5 heteroatoms. The summed E-state index contributed by atoms with van der Waals surface area (Å²) in [5.74, 6) is 7.65. The van der Waals surface area contributed by atoms with Crippen LogP contribution in [-0.4, -0.2) is 4.70 Å². The van der Waals surface area contributed by atoms with Crippen molar-refractivity contribution in [1.82, 2.24) is 0 Å². The fraction of sp³-hybridized carbons (Fsp3) is 0.714. The van der Waals surface area contributed by atoms with Gasteiger partial charge in [-0.3, -0.25) is 0 Å². The molecule has 0 saturated heterocycles. The van der Waals surface area contributed by atoms with Crippen molar-refractivity contribution >= 4 is 52.4 Å². The zero-order valence-electron chi connectivity index (χ0n) is 45.4. The van der Waals surface area contributed by atoms with Gasteiger partial charge >= 0.3 is 49.0 Å². The van der Waals surface area contributed by atoms with Gasteiger partial charge in [0.2, 0.25) is 11.4 Å². The maximum atomic E-state index is 13.2. The summed E-state index contributed by atoms with van der Waals surface area (Å²) in [4.78, 5) is 0. The number of nitrogens with zero attached hydrogens (tertiary/aromatic N) is 2. The number of benzene rings is 2. The van der Waals surface area contributed by atoms with Crippen molar-refractivity contribution in [1.29, 1.82) is 0 Å².